The van der Waals surface area contributed by atoms with Crippen LogP contribution in [0, 0.1) is 0 Å². The van der Waals surface area contributed by atoms with Crippen molar-refractivity contribution >= 4 is 29.1 Å². The van der Waals surface area contributed by atoms with Crippen molar-refractivity contribution < 1.29 is 4.79 Å². The summed E-state index contributed by atoms with van der Waals surface area (Å²) in [6.45, 7) is 5.46. The number of nitrogens with zero attached hydrogens (tertiary/aromatic N) is 2. The summed E-state index contributed by atoms with van der Waals surface area (Å²) in [4.78, 5) is 11.7. The van der Waals surface area contributed by atoms with Crippen LogP contribution in [0.2, 0.25) is 10.3 Å². The van der Waals surface area contributed by atoms with Crippen LogP contribution in [-0.4, -0.2) is 22.1 Å². The maximum absolute atomic E-state index is 11.7. The molecule has 1 heterocycles. The summed E-state index contributed by atoms with van der Waals surface area (Å²) < 4.78 is 0. The zero-order valence-electron chi connectivity index (χ0n) is 8.70. The van der Waals surface area contributed by atoms with Crippen molar-refractivity contribution in [3.8, 4) is 0 Å². The van der Waals surface area contributed by atoms with Crippen LogP contribution in [-0.2, 0) is 0 Å². The predicted molar refractivity (Wildman–Crippen MR) is 63.8 cm³/mol. The molecule has 1 unspecified atom stereocenters. The van der Waals surface area contributed by atoms with E-state index in [-0.39, 0.29) is 27.8 Å². The highest BCUT2D eigenvalue weighted by atomic mass is 35.5. The van der Waals surface area contributed by atoms with Crippen LogP contribution in [0.25, 0.3) is 0 Å². The summed E-state index contributed by atoms with van der Waals surface area (Å²) in [5.74, 6) is -0.323. The minimum atomic E-state index is -0.323. The molecule has 1 N–H and O–H groups in total. The fraction of sp³-hybridized carbons (Fsp3) is 0.300. The van der Waals surface area contributed by atoms with Gasteiger partial charge in [0.25, 0.3) is 5.91 Å². The molecule has 1 atom stereocenters. The van der Waals surface area contributed by atoms with Crippen LogP contribution in [0.3, 0.4) is 0 Å². The smallest absolute Gasteiger partial charge is 0.254 e. The summed E-state index contributed by atoms with van der Waals surface area (Å²) in [7, 11) is 0. The summed E-state index contributed by atoms with van der Waals surface area (Å²) >= 11 is 11.4. The highest BCUT2D eigenvalue weighted by Crippen LogP contribution is 2.15. The summed E-state index contributed by atoms with van der Waals surface area (Å²) in [6, 6.07) is 1.36. The van der Waals surface area contributed by atoms with Gasteiger partial charge in [-0.2, -0.15) is 0 Å². The molecule has 0 aliphatic rings. The number of aromatic nitrogens is 2. The van der Waals surface area contributed by atoms with Crippen LogP contribution in [0.1, 0.15) is 23.7 Å². The van der Waals surface area contributed by atoms with E-state index >= 15 is 0 Å². The summed E-state index contributed by atoms with van der Waals surface area (Å²) in [6.07, 6.45) is 2.40. The molecule has 0 spiro atoms. The van der Waals surface area contributed by atoms with Crippen LogP contribution in [0.4, 0.5) is 0 Å². The monoisotopic (exact) mass is 259 g/mol. The Hall–Kier alpha value is -1.13. The molecular weight excluding hydrogens is 249 g/mol. The SMILES string of the molecule is C=CCC(C)NC(=O)c1cc(Cl)nnc1Cl. The van der Waals surface area contributed by atoms with E-state index in [1.54, 1.807) is 6.08 Å². The van der Waals surface area contributed by atoms with Crippen LogP contribution in [0.5, 0.6) is 0 Å². The lowest BCUT2D eigenvalue weighted by Crippen LogP contribution is -2.32. The first-order valence-corrected chi connectivity index (χ1v) is 5.40. The maximum atomic E-state index is 11.7. The quantitative estimate of drug-likeness (QED) is 0.846. The molecule has 6 heteroatoms. The Kier molecular flexibility index (Phi) is 4.71. The zero-order chi connectivity index (χ0) is 12.1. The van der Waals surface area contributed by atoms with E-state index in [2.05, 4.69) is 22.1 Å². The van der Waals surface area contributed by atoms with Gasteiger partial charge in [-0.3, -0.25) is 4.79 Å². The second-order valence-corrected chi connectivity index (χ2v) is 4.02. The molecule has 1 rings (SSSR count). The molecule has 0 aromatic carbocycles. The summed E-state index contributed by atoms with van der Waals surface area (Å²) in [5.41, 5.74) is 0.220. The Balaban J connectivity index is 2.80. The van der Waals surface area contributed by atoms with Crippen molar-refractivity contribution in [2.24, 2.45) is 0 Å². The van der Waals surface area contributed by atoms with E-state index in [9.17, 15) is 4.79 Å². The second kappa shape index (κ2) is 5.82. The molecule has 1 aromatic rings. The fourth-order valence-electron chi connectivity index (χ4n) is 1.12. The Morgan fingerprint density at radius 1 is 1.62 bits per heavy atom. The Labute approximate surface area is 104 Å². The minimum Gasteiger partial charge on any atom is -0.349 e. The van der Waals surface area contributed by atoms with E-state index in [1.807, 2.05) is 6.92 Å². The van der Waals surface area contributed by atoms with Crippen molar-refractivity contribution in [2.45, 2.75) is 19.4 Å². The summed E-state index contributed by atoms with van der Waals surface area (Å²) in [5, 5.41) is 9.99. The Morgan fingerprint density at radius 2 is 2.31 bits per heavy atom. The molecule has 0 aliphatic heterocycles. The van der Waals surface area contributed by atoms with Gasteiger partial charge in [-0.05, 0) is 19.4 Å². The van der Waals surface area contributed by atoms with E-state index in [4.69, 9.17) is 23.2 Å². The van der Waals surface area contributed by atoms with Gasteiger partial charge >= 0.3 is 0 Å². The van der Waals surface area contributed by atoms with Crippen molar-refractivity contribution in [3.05, 3.63) is 34.6 Å². The van der Waals surface area contributed by atoms with E-state index in [1.165, 1.54) is 6.07 Å². The average Bonchev–Trinajstić information content (AvgIpc) is 2.21. The minimum absolute atomic E-state index is 0.0204. The van der Waals surface area contributed by atoms with Gasteiger partial charge in [-0.1, -0.05) is 29.3 Å². The third kappa shape index (κ3) is 3.47. The first-order valence-electron chi connectivity index (χ1n) is 4.65. The van der Waals surface area contributed by atoms with Gasteiger partial charge in [0, 0.05) is 6.04 Å². The Bertz CT molecular complexity index is 409. The maximum Gasteiger partial charge on any atom is 0.254 e. The van der Waals surface area contributed by atoms with Gasteiger partial charge in [-0.25, -0.2) is 0 Å². The lowest BCUT2D eigenvalue weighted by atomic mass is 10.2. The van der Waals surface area contributed by atoms with Crippen molar-refractivity contribution in [1.82, 2.24) is 15.5 Å². The van der Waals surface area contributed by atoms with Gasteiger partial charge in [0.2, 0.25) is 0 Å². The van der Waals surface area contributed by atoms with Gasteiger partial charge in [0.15, 0.2) is 10.3 Å². The van der Waals surface area contributed by atoms with Crippen molar-refractivity contribution in [2.75, 3.05) is 0 Å². The van der Waals surface area contributed by atoms with Gasteiger partial charge in [-0.15, -0.1) is 16.8 Å². The first-order chi connectivity index (χ1) is 7.54. The molecule has 86 valence electrons. The predicted octanol–water partition coefficient (Wildman–Crippen LogP) is 2.48. The van der Waals surface area contributed by atoms with Gasteiger partial charge < -0.3 is 5.32 Å². The number of hydrogen-bond donors (Lipinski definition) is 1. The largest absolute Gasteiger partial charge is 0.349 e. The van der Waals surface area contributed by atoms with Crippen LogP contribution < -0.4 is 5.32 Å². The molecular formula is C10H11Cl2N3O. The third-order valence-corrected chi connectivity index (χ3v) is 2.33. The molecule has 4 nitrogen and oxygen atoms in total. The fourth-order valence-corrected chi connectivity index (χ4v) is 1.45. The third-order valence-electron chi connectivity index (χ3n) is 1.86. The zero-order valence-corrected chi connectivity index (χ0v) is 10.2. The molecule has 0 saturated heterocycles. The average molecular weight is 260 g/mol. The van der Waals surface area contributed by atoms with Crippen LogP contribution in [0.15, 0.2) is 18.7 Å². The molecule has 0 aliphatic carbocycles. The number of hydrogen-bond acceptors (Lipinski definition) is 3. The lowest BCUT2D eigenvalue weighted by Gasteiger charge is -2.11. The molecule has 0 radical (unpaired) electrons. The van der Waals surface area contributed by atoms with E-state index in [0.29, 0.717) is 6.42 Å². The van der Waals surface area contributed by atoms with Crippen molar-refractivity contribution in [1.29, 1.82) is 0 Å². The molecule has 0 saturated carbocycles. The molecule has 1 aromatic heterocycles. The number of amides is 1. The van der Waals surface area contributed by atoms with Gasteiger partial charge in [0.05, 0.1) is 5.56 Å². The topological polar surface area (TPSA) is 54.9 Å². The second-order valence-electron chi connectivity index (χ2n) is 3.27. The molecule has 1 amide bonds. The number of nitrogens with one attached hydrogen (secondary N) is 1. The van der Waals surface area contributed by atoms with Crippen LogP contribution >= 0.6 is 23.2 Å². The van der Waals surface area contributed by atoms with E-state index in [0.717, 1.165) is 0 Å². The number of halogens is 2. The first kappa shape index (κ1) is 12.9. The standard InChI is InChI=1S/C10H11Cl2N3O/c1-3-4-6(2)13-10(16)7-5-8(11)14-15-9(7)12/h3,5-6H,1,4H2,2H3,(H,13,16). The van der Waals surface area contributed by atoms with E-state index < -0.39 is 0 Å². The van der Waals surface area contributed by atoms with Crippen molar-refractivity contribution in [3.63, 3.8) is 0 Å². The molecule has 0 fully saturated rings. The number of carbonyl (C=O) groups excluding carboxylic acids is 1. The highest BCUT2D eigenvalue weighted by molar-refractivity contribution is 6.34. The molecule has 0 bridgehead atoms. The van der Waals surface area contributed by atoms with Gasteiger partial charge in [0.1, 0.15) is 0 Å². The highest BCUT2D eigenvalue weighted by Gasteiger charge is 2.14. The number of carbonyl (C=O) groups is 1. The normalized spacial score (nSPS) is 11.9. The number of rotatable bonds is 4. The lowest BCUT2D eigenvalue weighted by molar-refractivity contribution is 0.0940. The Morgan fingerprint density at radius 3 is 2.94 bits per heavy atom. The molecule has 16 heavy (non-hydrogen) atoms.